The molecule has 0 aliphatic heterocycles. The molecule has 1 unspecified atom stereocenters. The minimum absolute atomic E-state index is 0.0183. The lowest BCUT2D eigenvalue weighted by molar-refractivity contribution is -0.121. The molecule has 0 bridgehead atoms. The fraction of sp³-hybridized carbons (Fsp3) is 0.533. The molecule has 0 aromatic heterocycles. The number of thioether (sulfide) groups is 1. The number of halogens is 1. The van der Waals surface area contributed by atoms with Crippen molar-refractivity contribution >= 4 is 23.4 Å². The van der Waals surface area contributed by atoms with Crippen molar-refractivity contribution in [3.8, 4) is 0 Å². The summed E-state index contributed by atoms with van der Waals surface area (Å²) in [7, 11) is 0. The molecule has 1 fully saturated rings. The lowest BCUT2D eigenvalue weighted by atomic mass is 9.95. The lowest BCUT2D eigenvalue weighted by Gasteiger charge is -2.24. The van der Waals surface area contributed by atoms with Crippen molar-refractivity contribution in [1.82, 2.24) is 5.32 Å². The summed E-state index contributed by atoms with van der Waals surface area (Å²) >= 11 is 1.34. The quantitative estimate of drug-likeness (QED) is 0.662. The Morgan fingerprint density at radius 3 is 2.70 bits per heavy atom. The van der Waals surface area contributed by atoms with Crippen LogP contribution < -0.4 is 11.1 Å². The molecule has 110 valence electrons. The van der Waals surface area contributed by atoms with Gasteiger partial charge in [0.05, 0.1) is 5.25 Å². The number of carbonyl (C=O) groups is 1. The number of anilines is 1. The number of benzene rings is 1. The van der Waals surface area contributed by atoms with E-state index in [1.54, 1.807) is 6.07 Å². The second kappa shape index (κ2) is 6.97. The summed E-state index contributed by atoms with van der Waals surface area (Å²) in [5, 5.41) is 2.83. The first-order valence-corrected chi connectivity index (χ1v) is 7.95. The van der Waals surface area contributed by atoms with Crippen LogP contribution >= 0.6 is 11.8 Å². The van der Waals surface area contributed by atoms with Gasteiger partial charge in [-0.05, 0) is 38.0 Å². The zero-order valence-corrected chi connectivity index (χ0v) is 12.5. The molecule has 1 aromatic rings. The Kier molecular flexibility index (Phi) is 5.29. The Morgan fingerprint density at radius 1 is 1.35 bits per heavy atom. The van der Waals surface area contributed by atoms with Crippen molar-refractivity contribution in [2.45, 2.75) is 55.2 Å². The molecule has 0 spiro atoms. The third kappa shape index (κ3) is 4.40. The van der Waals surface area contributed by atoms with Gasteiger partial charge in [-0.25, -0.2) is 4.39 Å². The van der Waals surface area contributed by atoms with Gasteiger partial charge >= 0.3 is 0 Å². The minimum atomic E-state index is -0.368. The fourth-order valence-corrected chi connectivity index (χ4v) is 3.44. The van der Waals surface area contributed by atoms with E-state index in [1.807, 2.05) is 6.92 Å². The SMILES string of the molecule is CC(Sc1cc(N)cc(F)c1)C(=O)NC1CCCCC1. The summed E-state index contributed by atoms with van der Waals surface area (Å²) in [5.41, 5.74) is 5.99. The third-order valence-electron chi connectivity index (χ3n) is 3.53. The number of hydrogen-bond donors (Lipinski definition) is 2. The Hall–Kier alpha value is -1.23. The molecule has 1 atom stereocenters. The largest absolute Gasteiger partial charge is 0.399 e. The van der Waals surface area contributed by atoms with Gasteiger partial charge in [-0.2, -0.15) is 0 Å². The molecule has 1 saturated carbocycles. The highest BCUT2D eigenvalue weighted by Gasteiger charge is 2.20. The first kappa shape index (κ1) is 15.2. The zero-order valence-electron chi connectivity index (χ0n) is 11.7. The first-order chi connectivity index (χ1) is 9.54. The minimum Gasteiger partial charge on any atom is -0.399 e. The van der Waals surface area contributed by atoms with Gasteiger partial charge in [-0.3, -0.25) is 4.79 Å². The van der Waals surface area contributed by atoms with Crippen LogP contribution in [0.5, 0.6) is 0 Å². The van der Waals surface area contributed by atoms with Gasteiger partial charge < -0.3 is 11.1 Å². The molecule has 1 aromatic carbocycles. The number of nitrogens with one attached hydrogen (secondary N) is 1. The average Bonchev–Trinajstić information content (AvgIpc) is 2.38. The molecule has 0 saturated heterocycles. The van der Waals surface area contributed by atoms with Crippen molar-refractivity contribution in [3.63, 3.8) is 0 Å². The number of hydrogen-bond acceptors (Lipinski definition) is 3. The van der Waals surface area contributed by atoms with E-state index in [0.717, 1.165) is 12.8 Å². The van der Waals surface area contributed by atoms with Crippen molar-refractivity contribution in [2.75, 3.05) is 5.73 Å². The van der Waals surface area contributed by atoms with E-state index >= 15 is 0 Å². The van der Waals surface area contributed by atoms with Gasteiger partial charge in [-0.15, -0.1) is 11.8 Å². The molecule has 20 heavy (non-hydrogen) atoms. The number of amides is 1. The van der Waals surface area contributed by atoms with E-state index in [2.05, 4.69) is 5.32 Å². The molecule has 1 amide bonds. The maximum Gasteiger partial charge on any atom is 0.233 e. The summed E-state index contributed by atoms with van der Waals surface area (Å²) in [6.45, 7) is 1.84. The van der Waals surface area contributed by atoms with Crippen molar-refractivity contribution in [2.24, 2.45) is 0 Å². The second-order valence-electron chi connectivity index (χ2n) is 5.32. The van der Waals surface area contributed by atoms with Crippen LogP contribution in [0.25, 0.3) is 0 Å². The van der Waals surface area contributed by atoms with E-state index < -0.39 is 0 Å². The van der Waals surface area contributed by atoms with Crippen LogP contribution in [0.2, 0.25) is 0 Å². The van der Waals surface area contributed by atoms with E-state index in [0.29, 0.717) is 16.6 Å². The molecule has 0 radical (unpaired) electrons. The van der Waals surface area contributed by atoms with Gasteiger partial charge in [-0.1, -0.05) is 19.3 Å². The van der Waals surface area contributed by atoms with E-state index in [4.69, 9.17) is 5.73 Å². The zero-order chi connectivity index (χ0) is 14.5. The van der Waals surface area contributed by atoms with Gasteiger partial charge in [0.15, 0.2) is 0 Å². The van der Waals surface area contributed by atoms with Gasteiger partial charge in [0, 0.05) is 16.6 Å². The van der Waals surface area contributed by atoms with Gasteiger partial charge in [0.25, 0.3) is 0 Å². The Balaban J connectivity index is 1.89. The van der Waals surface area contributed by atoms with Crippen LogP contribution in [0, 0.1) is 5.82 Å². The predicted octanol–water partition coefficient (Wildman–Crippen LogP) is 3.34. The van der Waals surface area contributed by atoms with Crippen molar-refractivity contribution in [3.05, 3.63) is 24.0 Å². The Morgan fingerprint density at radius 2 is 2.05 bits per heavy atom. The summed E-state index contributed by atoms with van der Waals surface area (Å²) < 4.78 is 13.3. The van der Waals surface area contributed by atoms with E-state index in [9.17, 15) is 9.18 Å². The number of nitrogens with two attached hydrogens (primary N) is 1. The van der Waals surface area contributed by atoms with Crippen LogP contribution in [-0.2, 0) is 4.79 Å². The standard InChI is InChI=1S/C15H21FN2OS/c1-10(15(19)18-13-5-3-2-4-6-13)20-14-8-11(16)7-12(17)9-14/h7-10,13H,2-6,17H2,1H3,(H,18,19). The van der Waals surface area contributed by atoms with Crippen molar-refractivity contribution < 1.29 is 9.18 Å². The summed E-state index contributed by atoms with van der Waals surface area (Å²) in [4.78, 5) is 12.8. The molecule has 3 N–H and O–H groups in total. The van der Waals surface area contributed by atoms with Crippen LogP contribution in [0.3, 0.4) is 0 Å². The van der Waals surface area contributed by atoms with E-state index in [1.165, 1.54) is 43.2 Å². The molecule has 5 heteroatoms. The van der Waals surface area contributed by atoms with Crippen LogP contribution in [0.1, 0.15) is 39.0 Å². The van der Waals surface area contributed by atoms with E-state index in [-0.39, 0.29) is 17.0 Å². The van der Waals surface area contributed by atoms with Gasteiger partial charge in [0.2, 0.25) is 5.91 Å². The molecule has 0 heterocycles. The number of rotatable bonds is 4. The molecule has 2 rings (SSSR count). The maximum atomic E-state index is 13.3. The molecule has 1 aliphatic carbocycles. The van der Waals surface area contributed by atoms with Crippen LogP contribution in [-0.4, -0.2) is 17.2 Å². The predicted molar refractivity (Wildman–Crippen MR) is 81.1 cm³/mol. The summed E-state index contributed by atoms with van der Waals surface area (Å²) in [6, 6.07) is 4.68. The monoisotopic (exact) mass is 296 g/mol. The fourth-order valence-electron chi connectivity index (χ4n) is 2.48. The topological polar surface area (TPSA) is 55.1 Å². The summed E-state index contributed by atoms with van der Waals surface area (Å²) in [6.07, 6.45) is 5.77. The normalized spacial score (nSPS) is 17.7. The lowest BCUT2D eigenvalue weighted by Crippen LogP contribution is -2.40. The highest BCUT2D eigenvalue weighted by molar-refractivity contribution is 8.00. The molecule has 1 aliphatic rings. The molecular formula is C15H21FN2OS. The second-order valence-corrected chi connectivity index (χ2v) is 6.74. The average molecular weight is 296 g/mol. The Labute approximate surface area is 123 Å². The van der Waals surface area contributed by atoms with Gasteiger partial charge in [0.1, 0.15) is 5.82 Å². The summed E-state index contributed by atoms with van der Waals surface area (Å²) in [5.74, 6) is -0.350. The molecular weight excluding hydrogens is 275 g/mol. The van der Waals surface area contributed by atoms with Crippen molar-refractivity contribution in [1.29, 1.82) is 0 Å². The number of nitrogen functional groups attached to an aromatic ring is 1. The molecule has 3 nitrogen and oxygen atoms in total. The highest BCUT2D eigenvalue weighted by Crippen LogP contribution is 2.27. The first-order valence-electron chi connectivity index (χ1n) is 7.07. The third-order valence-corrected chi connectivity index (χ3v) is 4.60. The smallest absolute Gasteiger partial charge is 0.233 e. The highest BCUT2D eigenvalue weighted by atomic mass is 32.2. The Bertz CT molecular complexity index is 455. The number of carbonyl (C=O) groups excluding carboxylic acids is 1. The maximum absolute atomic E-state index is 13.3. The van der Waals surface area contributed by atoms with Crippen LogP contribution in [0.4, 0.5) is 10.1 Å². The van der Waals surface area contributed by atoms with Crippen LogP contribution in [0.15, 0.2) is 23.1 Å².